The predicted molar refractivity (Wildman–Crippen MR) is 150 cm³/mol. The Kier molecular flexibility index (Phi) is 8.24. The number of aliphatic hydroxyl groups is 1. The highest BCUT2D eigenvalue weighted by Crippen LogP contribution is 2.67. The van der Waals surface area contributed by atoms with Gasteiger partial charge in [-0.2, -0.15) is 0 Å². The topological polar surface area (TPSA) is 75.6 Å². The molecule has 0 aliphatic heterocycles. The molecule has 4 aliphatic carbocycles. The summed E-state index contributed by atoms with van der Waals surface area (Å²) in [5.41, 5.74) is 1.69. The number of carbonyl (C=O) groups is 2. The van der Waals surface area contributed by atoms with Crippen LogP contribution in [0.3, 0.4) is 0 Å². The average Bonchev–Trinajstić information content (AvgIpc) is 3.21. The number of hydrogen-bond donors (Lipinski definition) is 2. The first-order valence-electron chi connectivity index (χ1n) is 15.4. The lowest BCUT2D eigenvalue weighted by molar-refractivity contribution is -0.156. The van der Waals surface area contributed by atoms with E-state index in [0.29, 0.717) is 60.2 Å². The molecule has 210 valence electrons. The summed E-state index contributed by atoms with van der Waals surface area (Å²) in [4.78, 5) is 23.9. The largest absolute Gasteiger partial charge is 0.494 e. The van der Waals surface area contributed by atoms with Crippen LogP contribution >= 0.6 is 0 Å². The van der Waals surface area contributed by atoms with Gasteiger partial charge in [0, 0.05) is 26.3 Å². The lowest BCUT2D eigenvalue weighted by Gasteiger charge is -2.62. The first kappa shape index (κ1) is 27.7. The molecular formula is C33H49NO4. The van der Waals surface area contributed by atoms with E-state index in [1.165, 1.54) is 31.2 Å². The molecule has 1 amide bonds. The van der Waals surface area contributed by atoms with Gasteiger partial charge >= 0.3 is 0 Å². The van der Waals surface area contributed by atoms with Crippen LogP contribution in [0.2, 0.25) is 0 Å². The Hall–Kier alpha value is -1.88. The Bertz CT molecular complexity index is 1010. The van der Waals surface area contributed by atoms with Gasteiger partial charge in [-0.3, -0.25) is 9.59 Å². The number of Topliss-reactive ketones (excluding diaryl/α,β-unsaturated/α-hetero) is 1. The number of hydrogen-bond acceptors (Lipinski definition) is 4. The standard InChI is InChI=1S/C33H49NO4/c1-32-16-14-25(35)21-24(32)20-23(31-27-12-13-29(36)33(27,2)17-15-28(31)32)9-4-7-22-8-5-10-26(19-22)38-18-6-11-30(37)34-3/h5,8,10,19,23-24,27-29,31,36H,4,6-7,9,11-18,20-21H2,1-3H3,(H,34,37)/t23-,24?,27?,28?,29+,31?,32+,33+/m1/s1. The number of rotatable bonds is 9. The summed E-state index contributed by atoms with van der Waals surface area (Å²) in [5.74, 6) is 4.63. The molecule has 0 bridgehead atoms. The first-order valence-corrected chi connectivity index (χ1v) is 15.4. The first-order chi connectivity index (χ1) is 18.2. The lowest BCUT2D eigenvalue weighted by atomic mass is 9.42. The summed E-state index contributed by atoms with van der Waals surface area (Å²) in [6.45, 7) is 5.45. The quantitative estimate of drug-likeness (QED) is 0.383. The molecule has 1 aromatic rings. The normalized spacial score (nSPS) is 38.2. The van der Waals surface area contributed by atoms with Crippen molar-refractivity contribution in [3.8, 4) is 5.75 Å². The van der Waals surface area contributed by atoms with Crippen molar-refractivity contribution in [2.45, 2.75) is 103 Å². The van der Waals surface area contributed by atoms with Crippen molar-refractivity contribution in [3.05, 3.63) is 29.8 Å². The molecule has 1 aromatic carbocycles. The summed E-state index contributed by atoms with van der Waals surface area (Å²) >= 11 is 0. The van der Waals surface area contributed by atoms with Gasteiger partial charge < -0.3 is 15.2 Å². The smallest absolute Gasteiger partial charge is 0.219 e. The minimum Gasteiger partial charge on any atom is -0.494 e. The molecule has 4 unspecified atom stereocenters. The number of benzene rings is 1. The van der Waals surface area contributed by atoms with Gasteiger partial charge in [0.05, 0.1) is 12.7 Å². The maximum atomic E-state index is 12.5. The van der Waals surface area contributed by atoms with Crippen LogP contribution in [-0.2, 0) is 16.0 Å². The van der Waals surface area contributed by atoms with Crippen molar-refractivity contribution in [1.82, 2.24) is 5.32 Å². The maximum absolute atomic E-state index is 12.5. The highest BCUT2D eigenvalue weighted by atomic mass is 16.5. The van der Waals surface area contributed by atoms with Crippen LogP contribution in [0.25, 0.3) is 0 Å². The summed E-state index contributed by atoms with van der Waals surface area (Å²) in [5, 5.41) is 13.6. The zero-order valence-corrected chi connectivity index (χ0v) is 23.8. The molecule has 0 saturated heterocycles. The van der Waals surface area contributed by atoms with Gasteiger partial charge in [-0.1, -0.05) is 26.0 Å². The zero-order chi connectivity index (χ0) is 26.9. The van der Waals surface area contributed by atoms with Crippen molar-refractivity contribution in [3.63, 3.8) is 0 Å². The maximum Gasteiger partial charge on any atom is 0.219 e. The van der Waals surface area contributed by atoms with Gasteiger partial charge in [-0.15, -0.1) is 0 Å². The fourth-order valence-electron chi connectivity index (χ4n) is 9.40. The second kappa shape index (κ2) is 11.3. The second-order valence-electron chi connectivity index (χ2n) is 13.5. The van der Waals surface area contributed by atoms with Crippen LogP contribution in [-0.4, -0.2) is 36.6 Å². The number of aliphatic hydroxyl groups excluding tert-OH is 1. The Labute approximate surface area is 229 Å². The molecule has 5 nitrogen and oxygen atoms in total. The Morgan fingerprint density at radius 1 is 1.11 bits per heavy atom. The van der Waals surface area contributed by atoms with Gasteiger partial charge in [-0.05, 0) is 122 Å². The molecule has 2 N–H and O–H groups in total. The van der Waals surface area contributed by atoms with E-state index in [4.69, 9.17) is 4.74 Å². The molecule has 8 atom stereocenters. The van der Waals surface area contributed by atoms with E-state index in [-0.39, 0.29) is 17.4 Å². The van der Waals surface area contributed by atoms with Crippen LogP contribution < -0.4 is 10.1 Å². The van der Waals surface area contributed by atoms with Crippen LogP contribution in [0.1, 0.15) is 96.5 Å². The van der Waals surface area contributed by atoms with Crippen LogP contribution in [0, 0.1) is 40.4 Å². The van der Waals surface area contributed by atoms with E-state index in [1.54, 1.807) is 7.05 Å². The minimum atomic E-state index is -0.147. The number of fused-ring (bicyclic) bond motifs is 5. The van der Waals surface area contributed by atoms with Gasteiger partial charge in [0.15, 0.2) is 0 Å². The third-order valence-corrected chi connectivity index (χ3v) is 11.6. The van der Waals surface area contributed by atoms with E-state index in [2.05, 4.69) is 37.4 Å². The summed E-state index contributed by atoms with van der Waals surface area (Å²) < 4.78 is 5.92. The Balaban J connectivity index is 1.24. The number of ether oxygens (including phenoxy) is 1. The van der Waals surface area contributed by atoms with E-state index in [0.717, 1.165) is 50.7 Å². The highest BCUT2D eigenvalue weighted by molar-refractivity contribution is 5.79. The van der Waals surface area contributed by atoms with Crippen LogP contribution in [0.4, 0.5) is 0 Å². The number of carbonyl (C=O) groups excluding carboxylic acids is 2. The van der Waals surface area contributed by atoms with Crippen molar-refractivity contribution in [1.29, 1.82) is 0 Å². The molecular weight excluding hydrogens is 474 g/mol. The molecule has 5 rings (SSSR count). The molecule has 0 aromatic heterocycles. The van der Waals surface area contributed by atoms with Crippen molar-refractivity contribution < 1.29 is 19.4 Å². The monoisotopic (exact) mass is 523 g/mol. The van der Waals surface area contributed by atoms with Crippen LogP contribution in [0.5, 0.6) is 5.75 Å². The molecule has 0 heterocycles. The highest BCUT2D eigenvalue weighted by Gasteiger charge is 2.62. The zero-order valence-electron chi connectivity index (χ0n) is 23.8. The number of nitrogens with one attached hydrogen (secondary N) is 1. The van der Waals surface area contributed by atoms with Gasteiger partial charge in [0.2, 0.25) is 5.91 Å². The number of aryl methyl sites for hydroxylation is 1. The molecule has 4 aliphatic rings. The SMILES string of the molecule is CNC(=O)CCCOc1cccc(CCC[C@@H]2CC3CC(=O)CC[C@]3(C)C3CC[C@@]4(C)C(CC[C@@H]4O)C32)c1. The fourth-order valence-corrected chi connectivity index (χ4v) is 9.40. The van der Waals surface area contributed by atoms with Gasteiger partial charge in [0.25, 0.3) is 0 Å². The van der Waals surface area contributed by atoms with E-state index >= 15 is 0 Å². The third kappa shape index (κ3) is 5.29. The fraction of sp³-hybridized carbons (Fsp3) is 0.758. The number of amides is 1. The van der Waals surface area contributed by atoms with Crippen LogP contribution in [0.15, 0.2) is 24.3 Å². The summed E-state index contributed by atoms with van der Waals surface area (Å²) in [6, 6.07) is 8.43. The Morgan fingerprint density at radius 3 is 2.74 bits per heavy atom. The third-order valence-electron chi connectivity index (χ3n) is 11.6. The number of ketones is 1. The predicted octanol–water partition coefficient (Wildman–Crippen LogP) is 6.11. The summed E-state index contributed by atoms with van der Waals surface area (Å²) in [7, 11) is 1.66. The van der Waals surface area contributed by atoms with Gasteiger partial charge in [0.1, 0.15) is 11.5 Å². The van der Waals surface area contributed by atoms with Crippen molar-refractivity contribution >= 4 is 11.7 Å². The molecule has 0 radical (unpaired) electrons. The molecule has 0 spiro atoms. The molecule has 5 heteroatoms. The second-order valence-corrected chi connectivity index (χ2v) is 13.5. The van der Waals surface area contributed by atoms with E-state index in [9.17, 15) is 14.7 Å². The van der Waals surface area contributed by atoms with E-state index in [1.807, 2.05) is 6.07 Å². The summed E-state index contributed by atoms with van der Waals surface area (Å²) in [6.07, 6.45) is 12.8. The average molecular weight is 524 g/mol. The van der Waals surface area contributed by atoms with Crippen molar-refractivity contribution in [2.24, 2.45) is 40.4 Å². The lowest BCUT2D eigenvalue weighted by Crippen LogP contribution is -2.57. The molecule has 4 saturated carbocycles. The molecule has 38 heavy (non-hydrogen) atoms. The van der Waals surface area contributed by atoms with E-state index < -0.39 is 0 Å². The van der Waals surface area contributed by atoms with Crippen molar-refractivity contribution in [2.75, 3.05) is 13.7 Å². The minimum absolute atomic E-state index is 0.0515. The van der Waals surface area contributed by atoms with Gasteiger partial charge in [-0.25, -0.2) is 0 Å². The Morgan fingerprint density at radius 2 is 1.92 bits per heavy atom. The molecule has 4 fully saturated rings.